The van der Waals surface area contributed by atoms with Crippen molar-refractivity contribution in [2.24, 2.45) is 0 Å². The van der Waals surface area contributed by atoms with Crippen LogP contribution in [-0.4, -0.2) is 24.5 Å². The Kier molecular flexibility index (Phi) is 3.95. The molecule has 1 amide bonds. The van der Waals surface area contributed by atoms with Crippen LogP contribution in [0.1, 0.15) is 41.4 Å². The first-order valence-corrected chi connectivity index (χ1v) is 7.28. The maximum atomic E-state index is 12.6. The number of methoxy groups -OCH3 is 1. The molecule has 3 rings (SSSR count). The van der Waals surface area contributed by atoms with Crippen LogP contribution in [0.25, 0.3) is 0 Å². The molecule has 2 aromatic rings. The fraction of sp³-hybridized carbons (Fsp3) is 0.353. The summed E-state index contributed by atoms with van der Waals surface area (Å²) in [6.07, 6.45) is 4.67. The summed E-state index contributed by atoms with van der Waals surface area (Å²) in [4.78, 5) is 14.5. The van der Waals surface area contributed by atoms with Gasteiger partial charge in [-0.05, 0) is 49.1 Å². The molecule has 1 fully saturated rings. The van der Waals surface area contributed by atoms with Crippen molar-refractivity contribution in [2.75, 3.05) is 13.7 Å². The van der Waals surface area contributed by atoms with Gasteiger partial charge in [0.15, 0.2) is 5.76 Å². The Balaban J connectivity index is 1.89. The molecular formula is C17H19NO3. The van der Waals surface area contributed by atoms with Gasteiger partial charge >= 0.3 is 0 Å². The fourth-order valence-corrected chi connectivity index (χ4v) is 2.91. The van der Waals surface area contributed by atoms with Gasteiger partial charge in [-0.15, -0.1) is 0 Å². The molecule has 21 heavy (non-hydrogen) atoms. The largest absolute Gasteiger partial charge is 0.497 e. The summed E-state index contributed by atoms with van der Waals surface area (Å²) in [5, 5.41) is 0. The van der Waals surface area contributed by atoms with Crippen LogP contribution in [0.2, 0.25) is 0 Å². The van der Waals surface area contributed by atoms with Crippen molar-refractivity contribution in [1.29, 1.82) is 0 Å². The zero-order chi connectivity index (χ0) is 14.7. The number of benzene rings is 1. The maximum Gasteiger partial charge on any atom is 0.290 e. The minimum atomic E-state index is -0.0347. The van der Waals surface area contributed by atoms with Crippen molar-refractivity contribution in [3.8, 4) is 5.75 Å². The lowest BCUT2D eigenvalue weighted by Crippen LogP contribution is -2.38. The number of likely N-dealkylation sites (tertiary alicyclic amines) is 1. The number of piperidine rings is 1. The molecule has 0 N–H and O–H groups in total. The number of carbonyl (C=O) groups excluding carboxylic acids is 1. The van der Waals surface area contributed by atoms with Crippen LogP contribution in [0.3, 0.4) is 0 Å². The van der Waals surface area contributed by atoms with Crippen LogP contribution < -0.4 is 4.74 Å². The lowest BCUT2D eigenvalue weighted by Gasteiger charge is -2.35. The monoisotopic (exact) mass is 285 g/mol. The molecule has 1 saturated heterocycles. The number of hydrogen-bond acceptors (Lipinski definition) is 3. The highest BCUT2D eigenvalue weighted by atomic mass is 16.5. The van der Waals surface area contributed by atoms with E-state index in [1.54, 1.807) is 19.2 Å². The lowest BCUT2D eigenvalue weighted by atomic mass is 9.95. The molecule has 1 aliphatic rings. The van der Waals surface area contributed by atoms with E-state index in [2.05, 4.69) is 6.07 Å². The Morgan fingerprint density at radius 1 is 1.29 bits per heavy atom. The van der Waals surface area contributed by atoms with Crippen molar-refractivity contribution >= 4 is 5.91 Å². The second kappa shape index (κ2) is 6.04. The highest BCUT2D eigenvalue weighted by molar-refractivity contribution is 5.91. The van der Waals surface area contributed by atoms with Gasteiger partial charge in [0.05, 0.1) is 19.4 Å². The van der Waals surface area contributed by atoms with Gasteiger partial charge in [-0.2, -0.15) is 0 Å². The van der Waals surface area contributed by atoms with E-state index in [0.29, 0.717) is 5.76 Å². The molecule has 1 aromatic carbocycles. The Labute approximate surface area is 124 Å². The van der Waals surface area contributed by atoms with E-state index in [1.807, 2.05) is 23.1 Å². The Morgan fingerprint density at radius 2 is 2.19 bits per heavy atom. The molecule has 0 spiro atoms. The number of hydrogen-bond donors (Lipinski definition) is 0. The number of nitrogens with zero attached hydrogens (tertiary/aromatic N) is 1. The SMILES string of the molecule is COc1cccc([C@@H]2CCCCN2C(=O)c2ccco2)c1. The van der Waals surface area contributed by atoms with Gasteiger partial charge in [0.2, 0.25) is 0 Å². The molecule has 4 heteroatoms. The van der Waals surface area contributed by atoms with Gasteiger partial charge in [0.1, 0.15) is 5.75 Å². The standard InChI is InChI=1S/C17H19NO3/c1-20-14-7-4-6-13(12-14)15-8-2-3-10-18(15)17(19)16-9-5-11-21-16/h4-7,9,11-12,15H,2-3,8,10H2,1H3/t15-/m0/s1. The van der Waals surface area contributed by atoms with Crippen molar-refractivity contribution in [3.63, 3.8) is 0 Å². The van der Waals surface area contributed by atoms with Crippen LogP contribution in [0, 0.1) is 0 Å². The zero-order valence-corrected chi connectivity index (χ0v) is 12.1. The van der Waals surface area contributed by atoms with Crippen LogP contribution in [0.5, 0.6) is 5.75 Å². The average molecular weight is 285 g/mol. The van der Waals surface area contributed by atoms with Crippen LogP contribution in [0.4, 0.5) is 0 Å². The topological polar surface area (TPSA) is 42.7 Å². The van der Waals surface area contributed by atoms with Crippen LogP contribution >= 0.6 is 0 Å². The summed E-state index contributed by atoms with van der Waals surface area (Å²) in [6, 6.07) is 11.5. The van der Waals surface area contributed by atoms with Crippen LogP contribution in [-0.2, 0) is 0 Å². The van der Waals surface area contributed by atoms with Gasteiger partial charge in [0.25, 0.3) is 5.91 Å². The van der Waals surface area contributed by atoms with Crippen LogP contribution in [0.15, 0.2) is 47.1 Å². The van der Waals surface area contributed by atoms with E-state index in [1.165, 1.54) is 6.26 Å². The van der Waals surface area contributed by atoms with Gasteiger partial charge in [0, 0.05) is 6.54 Å². The highest BCUT2D eigenvalue weighted by Gasteiger charge is 2.30. The molecular weight excluding hydrogens is 266 g/mol. The highest BCUT2D eigenvalue weighted by Crippen LogP contribution is 2.33. The van der Waals surface area contributed by atoms with E-state index in [0.717, 1.165) is 37.1 Å². The quantitative estimate of drug-likeness (QED) is 0.864. The molecule has 1 aliphatic heterocycles. The third kappa shape index (κ3) is 2.79. The summed E-state index contributed by atoms with van der Waals surface area (Å²) in [7, 11) is 1.66. The summed E-state index contributed by atoms with van der Waals surface area (Å²) in [6.45, 7) is 0.765. The smallest absolute Gasteiger partial charge is 0.290 e. The van der Waals surface area contributed by atoms with E-state index in [-0.39, 0.29) is 11.9 Å². The van der Waals surface area contributed by atoms with Gasteiger partial charge in [-0.1, -0.05) is 12.1 Å². The number of rotatable bonds is 3. The lowest BCUT2D eigenvalue weighted by molar-refractivity contribution is 0.0578. The molecule has 0 saturated carbocycles. The van der Waals surface area contributed by atoms with E-state index in [4.69, 9.17) is 9.15 Å². The summed E-state index contributed by atoms with van der Waals surface area (Å²) in [5.41, 5.74) is 1.12. The van der Waals surface area contributed by atoms with Crippen molar-refractivity contribution in [1.82, 2.24) is 4.90 Å². The number of ether oxygens (including phenoxy) is 1. The number of furan rings is 1. The molecule has 4 nitrogen and oxygen atoms in total. The van der Waals surface area contributed by atoms with Crippen molar-refractivity contribution < 1.29 is 13.9 Å². The predicted molar refractivity (Wildman–Crippen MR) is 79.3 cm³/mol. The Bertz CT molecular complexity index is 606. The third-order valence-electron chi connectivity index (χ3n) is 3.97. The second-order valence-electron chi connectivity index (χ2n) is 5.26. The first kappa shape index (κ1) is 13.7. The van der Waals surface area contributed by atoms with Crippen molar-refractivity contribution in [2.45, 2.75) is 25.3 Å². The minimum absolute atomic E-state index is 0.0347. The molecule has 0 radical (unpaired) electrons. The summed E-state index contributed by atoms with van der Waals surface area (Å²) in [5.74, 6) is 1.20. The second-order valence-corrected chi connectivity index (χ2v) is 5.26. The van der Waals surface area contributed by atoms with E-state index in [9.17, 15) is 4.79 Å². The maximum absolute atomic E-state index is 12.6. The van der Waals surface area contributed by atoms with Gasteiger partial charge in [-0.3, -0.25) is 4.79 Å². The number of amides is 1. The molecule has 110 valence electrons. The molecule has 1 aromatic heterocycles. The Hall–Kier alpha value is -2.23. The van der Waals surface area contributed by atoms with Crippen molar-refractivity contribution in [3.05, 3.63) is 54.0 Å². The zero-order valence-electron chi connectivity index (χ0n) is 12.1. The van der Waals surface area contributed by atoms with E-state index < -0.39 is 0 Å². The first-order chi connectivity index (χ1) is 10.3. The molecule has 2 heterocycles. The molecule has 0 aliphatic carbocycles. The fourth-order valence-electron chi connectivity index (χ4n) is 2.91. The van der Waals surface area contributed by atoms with Gasteiger partial charge in [-0.25, -0.2) is 0 Å². The molecule has 0 unspecified atom stereocenters. The van der Waals surface area contributed by atoms with Gasteiger partial charge < -0.3 is 14.1 Å². The minimum Gasteiger partial charge on any atom is -0.497 e. The third-order valence-corrected chi connectivity index (χ3v) is 3.97. The average Bonchev–Trinajstić information content (AvgIpc) is 3.09. The first-order valence-electron chi connectivity index (χ1n) is 7.28. The predicted octanol–water partition coefficient (Wildman–Crippen LogP) is 3.66. The molecule has 0 bridgehead atoms. The summed E-state index contributed by atoms with van der Waals surface area (Å²) >= 11 is 0. The number of carbonyl (C=O) groups is 1. The normalized spacial score (nSPS) is 18.5. The Morgan fingerprint density at radius 3 is 2.95 bits per heavy atom. The summed E-state index contributed by atoms with van der Waals surface area (Å²) < 4.78 is 10.6. The molecule has 1 atom stereocenters. The van der Waals surface area contributed by atoms with E-state index >= 15 is 0 Å².